The predicted octanol–water partition coefficient (Wildman–Crippen LogP) is 5.84. The first-order chi connectivity index (χ1) is 13.4. The summed E-state index contributed by atoms with van der Waals surface area (Å²) in [6.45, 7) is 24.1. The first kappa shape index (κ1) is 22.4. The van der Waals surface area contributed by atoms with Gasteiger partial charge in [-0.25, -0.2) is 4.85 Å². The topological polar surface area (TPSA) is 48.5 Å². The first-order valence-corrected chi connectivity index (χ1v) is 9.88. The second kappa shape index (κ2) is 8.24. The molecule has 0 N–H and O–H groups in total. The third kappa shape index (κ3) is 5.14. The van der Waals surface area contributed by atoms with Gasteiger partial charge in [-0.3, -0.25) is 9.48 Å². The van der Waals surface area contributed by atoms with Crippen molar-refractivity contribution in [3.8, 4) is 0 Å². The molecule has 0 radical (unpaired) electrons. The van der Waals surface area contributed by atoms with E-state index in [1.807, 2.05) is 44.2 Å². The van der Waals surface area contributed by atoms with Crippen LogP contribution in [0.5, 0.6) is 0 Å². The zero-order chi connectivity index (χ0) is 22.0. The van der Waals surface area contributed by atoms with Crippen LogP contribution in [0.2, 0.25) is 0 Å². The lowest BCUT2D eigenvalue weighted by molar-refractivity contribution is -0.145. The van der Waals surface area contributed by atoms with Crippen molar-refractivity contribution in [2.45, 2.75) is 67.3 Å². The van der Waals surface area contributed by atoms with Crippen molar-refractivity contribution in [1.29, 1.82) is 0 Å². The van der Waals surface area contributed by atoms with E-state index in [1.165, 1.54) is 5.56 Å². The van der Waals surface area contributed by atoms with Crippen LogP contribution in [0, 0.1) is 18.9 Å². The van der Waals surface area contributed by atoms with E-state index in [4.69, 9.17) is 11.3 Å². The average Bonchev–Trinajstić information content (AvgIpc) is 3.00. The van der Waals surface area contributed by atoms with Gasteiger partial charge < -0.3 is 4.74 Å². The number of benzene rings is 1. The van der Waals surface area contributed by atoms with Crippen LogP contribution in [-0.2, 0) is 21.5 Å². The van der Waals surface area contributed by atoms with Crippen molar-refractivity contribution in [3.63, 3.8) is 0 Å². The Bertz CT molecular complexity index is 960. The van der Waals surface area contributed by atoms with Crippen LogP contribution in [0.25, 0.3) is 16.3 Å². The number of hydrogen-bond donors (Lipinski definition) is 0. The number of aromatic nitrogens is 2. The molecule has 0 unspecified atom stereocenters. The van der Waals surface area contributed by atoms with Gasteiger partial charge in [0.15, 0.2) is 5.76 Å². The fraction of sp³-hybridized carbons (Fsp3) is 0.458. The molecule has 0 aliphatic carbocycles. The van der Waals surface area contributed by atoms with Gasteiger partial charge in [-0.1, -0.05) is 45.0 Å². The highest BCUT2D eigenvalue weighted by atomic mass is 16.5. The number of ether oxygens (including phenoxy) is 1. The molecule has 5 nitrogen and oxygen atoms in total. The molecule has 154 valence electrons. The second-order valence-corrected chi connectivity index (χ2v) is 9.24. The monoisotopic (exact) mass is 393 g/mol. The number of nitrogens with zero attached hydrogens (tertiary/aromatic N) is 3. The van der Waals surface area contributed by atoms with Gasteiger partial charge in [0.1, 0.15) is 0 Å². The third-order valence-corrected chi connectivity index (χ3v) is 4.59. The zero-order valence-electron chi connectivity index (χ0n) is 18.8. The second-order valence-electron chi connectivity index (χ2n) is 9.24. The molecule has 0 fully saturated rings. The van der Waals surface area contributed by atoms with Gasteiger partial charge in [-0.15, -0.1) is 0 Å². The summed E-state index contributed by atoms with van der Waals surface area (Å²) >= 11 is 0. The highest BCUT2D eigenvalue weighted by Crippen LogP contribution is 2.33. The van der Waals surface area contributed by atoms with Crippen LogP contribution >= 0.6 is 0 Å². The molecule has 1 aromatic carbocycles. The standard InChI is InChI=1S/C24H31N3O2/c1-10-27-19(15-16(2)26-27)21(29-22(28)24(6,7)8)20(25-9)17-11-13-18(14-12-17)23(3,4)5/h11-15H,10H2,1-8H3/b21-20+. The third-order valence-electron chi connectivity index (χ3n) is 4.59. The molecular weight excluding hydrogens is 362 g/mol. The van der Waals surface area contributed by atoms with Crippen molar-refractivity contribution < 1.29 is 9.53 Å². The minimum Gasteiger partial charge on any atom is -0.436 e. The minimum absolute atomic E-state index is 0.0139. The molecule has 0 saturated carbocycles. The van der Waals surface area contributed by atoms with Crippen molar-refractivity contribution in [2.75, 3.05) is 0 Å². The highest BCUT2D eigenvalue weighted by Gasteiger charge is 2.28. The number of carbonyl (C=O) groups excluding carboxylic acids is 1. The van der Waals surface area contributed by atoms with E-state index in [0.717, 1.165) is 5.69 Å². The lowest BCUT2D eigenvalue weighted by Gasteiger charge is -2.21. The molecule has 0 aliphatic heterocycles. The summed E-state index contributed by atoms with van der Waals surface area (Å²) in [6, 6.07) is 9.72. The zero-order valence-corrected chi connectivity index (χ0v) is 18.8. The number of esters is 1. The lowest BCUT2D eigenvalue weighted by Crippen LogP contribution is -2.23. The summed E-state index contributed by atoms with van der Waals surface area (Å²) < 4.78 is 7.59. The molecule has 0 spiro atoms. The Balaban J connectivity index is 2.70. The van der Waals surface area contributed by atoms with E-state index in [0.29, 0.717) is 23.5 Å². The summed E-state index contributed by atoms with van der Waals surface area (Å²) in [5.41, 5.74) is 2.95. The molecule has 5 heteroatoms. The maximum absolute atomic E-state index is 12.7. The predicted molar refractivity (Wildman–Crippen MR) is 117 cm³/mol. The van der Waals surface area contributed by atoms with Crippen molar-refractivity contribution in [3.05, 3.63) is 64.3 Å². The first-order valence-electron chi connectivity index (χ1n) is 9.88. The fourth-order valence-corrected chi connectivity index (χ4v) is 2.81. The van der Waals surface area contributed by atoms with Gasteiger partial charge in [-0.05, 0) is 57.2 Å². The van der Waals surface area contributed by atoms with E-state index < -0.39 is 5.41 Å². The number of rotatable bonds is 4. The molecule has 0 bridgehead atoms. The summed E-state index contributed by atoms with van der Waals surface area (Å²) in [5.74, 6) is -0.132. The Morgan fingerprint density at radius 3 is 2.17 bits per heavy atom. The molecule has 0 atom stereocenters. The maximum atomic E-state index is 12.7. The average molecular weight is 394 g/mol. The molecule has 0 saturated heterocycles. The summed E-state index contributed by atoms with van der Waals surface area (Å²) in [7, 11) is 0. The molecule has 29 heavy (non-hydrogen) atoms. The van der Waals surface area contributed by atoms with Gasteiger partial charge in [-0.2, -0.15) is 5.10 Å². The Kier molecular flexibility index (Phi) is 6.37. The summed E-state index contributed by atoms with van der Waals surface area (Å²) in [6.07, 6.45) is 0. The van der Waals surface area contributed by atoms with Gasteiger partial charge in [0.25, 0.3) is 0 Å². The van der Waals surface area contributed by atoms with Crippen molar-refractivity contribution >= 4 is 17.4 Å². The van der Waals surface area contributed by atoms with Crippen LogP contribution in [0.1, 0.15) is 71.0 Å². The van der Waals surface area contributed by atoms with Crippen molar-refractivity contribution in [2.24, 2.45) is 5.41 Å². The lowest BCUT2D eigenvalue weighted by atomic mass is 9.86. The van der Waals surface area contributed by atoms with Gasteiger partial charge in [0.2, 0.25) is 5.70 Å². The Morgan fingerprint density at radius 2 is 1.72 bits per heavy atom. The molecule has 1 heterocycles. The summed E-state index contributed by atoms with van der Waals surface area (Å²) in [5, 5.41) is 4.46. The van der Waals surface area contributed by atoms with Gasteiger partial charge in [0.05, 0.1) is 23.4 Å². The number of aryl methyl sites for hydroxylation is 2. The smallest absolute Gasteiger partial charge is 0.315 e. The Morgan fingerprint density at radius 1 is 1.14 bits per heavy atom. The molecule has 0 amide bonds. The normalized spacial score (nSPS) is 12.9. The molecule has 2 rings (SSSR count). The van der Waals surface area contributed by atoms with E-state index >= 15 is 0 Å². The number of carbonyl (C=O) groups is 1. The van der Waals surface area contributed by atoms with Crippen LogP contribution in [0.15, 0.2) is 30.3 Å². The SMILES string of the molecule is [C-]#[N+]/C(=C(/OC(=O)C(C)(C)C)c1cc(C)nn1CC)c1ccc(C(C)(C)C)cc1. The van der Waals surface area contributed by atoms with E-state index in [-0.39, 0.29) is 17.1 Å². The van der Waals surface area contributed by atoms with Crippen LogP contribution in [-0.4, -0.2) is 15.7 Å². The van der Waals surface area contributed by atoms with Gasteiger partial charge in [0, 0.05) is 6.54 Å². The van der Waals surface area contributed by atoms with Crippen LogP contribution in [0.4, 0.5) is 0 Å². The summed E-state index contributed by atoms with van der Waals surface area (Å²) in [4.78, 5) is 16.5. The maximum Gasteiger partial charge on any atom is 0.315 e. The van der Waals surface area contributed by atoms with Crippen molar-refractivity contribution in [1.82, 2.24) is 9.78 Å². The van der Waals surface area contributed by atoms with E-state index in [9.17, 15) is 4.79 Å². The molecule has 2 aromatic rings. The fourth-order valence-electron chi connectivity index (χ4n) is 2.81. The van der Waals surface area contributed by atoms with E-state index in [2.05, 4.69) is 30.7 Å². The Hall–Kier alpha value is -2.87. The largest absolute Gasteiger partial charge is 0.436 e. The quantitative estimate of drug-likeness (QED) is 0.372. The van der Waals surface area contributed by atoms with Crippen LogP contribution < -0.4 is 0 Å². The van der Waals surface area contributed by atoms with E-state index in [1.54, 1.807) is 25.5 Å². The molecule has 1 aromatic heterocycles. The van der Waals surface area contributed by atoms with Crippen LogP contribution in [0.3, 0.4) is 0 Å². The number of hydrogen-bond acceptors (Lipinski definition) is 3. The molecule has 0 aliphatic rings. The minimum atomic E-state index is -0.694. The van der Waals surface area contributed by atoms with Gasteiger partial charge >= 0.3 is 5.97 Å². The molecular formula is C24H31N3O2. The Labute approximate surface area is 174 Å². The highest BCUT2D eigenvalue weighted by molar-refractivity contribution is 5.94.